The maximum absolute atomic E-state index is 5.85. The minimum Gasteiger partial charge on any atom is -0.493 e. The molecule has 0 spiro atoms. The van der Waals surface area contributed by atoms with Crippen LogP contribution < -0.4 is 15.4 Å². The lowest BCUT2D eigenvalue weighted by atomic mass is 10.0. The zero-order valence-electron chi connectivity index (χ0n) is 17.0. The first-order chi connectivity index (χ1) is 13.7. The van der Waals surface area contributed by atoms with Gasteiger partial charge in [-0.1, -0.05) is 18.2 Å². The lowest BCUT2D eigenvalue weighted by Gasteiger charge is -2.32. The minimum absolute atomic E-state index is 0.494. The van der Waals surface area contributed by atoms with E-state index in [0.29, 0.717) is 12.6 Å². The van der Waals surface area contributed by atoms with Crippen molar-refractivity contribution >= 4 is 17.3 Å². The molecule has 0 radical (unpaired) electrons. The Morgan fingerprint density at radius 3 is 2.79 bits per heavy atom. The smallest absolute Gasteiger partial charge is 0.191 e. The Hall–Kier alpha value is -2.05. The van der Waals surface area contributed by atoms with E-state index >= 15 is 0 Å². The van der Waals surface area contributed by atoms with Crippen LogP contribution in [0.3, 0.4) is 0 Å². The second-order valence-electron chi connectivity index (χ2n) is 7.29. The predicted molar refractivity (Wildman–Crippen MR) is 118 cm³/mol. The van der Waals surface area contributed by atoms with Crippen LogP contribution in [0, 0.1) is 6.92 Å². The van der Waals surface area contributed by atoms with Gasteiger partial charge in [-0.05, 0) is 60.2 Å². The Morgan fingerprint density at radius 2 is 2.07 bits per heavy atom. The average Bonchev–Trinajstić information content (AvgIpc) is 3.22. The third-order valence-corrected chi connectivity index (χ3v) is 5.84. The number of guanidine groups is 1. The van der Waals surface area contributed by atoms with Gasteiger partial charge in [-0.2, -0.15) is 11.3 Å². The summed E-state index contributed by atoms with van der Waals surface area (Å²) in [7, 11) is 1.84. The summed E-state index contributed by atoms with van der Waals surface area (Å²) < 4.78 is 5.85. The molecule has 3 rings (SSSR count). The molecular weight excluding hydrogens is 368 g/mol. The lowest BCUT2D eigenvalue weighted by Crippen LogP contribution is -2.48. The van der Waals surface area contributed by atoms with E-state index in [2.05, 4.69) is 50.3 Å². The van der Waals surface area contributed by atoms with Crippen LogP contribution in [0.1, 0.15) is 30.4 Å². The quantitative estimate of drug-likeness (QED) is 0.403. The molecule has 6 heteroatoms. The summed E-state index contributed by atoms with van der Waals surface area (Å²) in [4.78, 5) is 6.91. The van der Waals surface area contributed by atoms with Crippen molar-refractivity contribution in [3.63, 3.8) is 0 Å². The highest BCUT2D eigenvalue weighted by molar-refractivity contribution is 7.07. The van der Waals surface area contributed by atoms with Crippen LogP contribution in [-0.4, -0.2) is 50.2 Å². The number of para-hydroxylation sites is 1. The highest BCUT2D eigenvalue weighted by Gasteiger charge is 2.20. The SMILES string of the molecule is CN=C(NCCCOc1ccccc1C)NC1CCN(Cc2ccsc2)CC1. The maximum Gasteiger partial charge on any atom is 0.191 e. The van der Waals surface area contributed by atoms with Crippen molar-refractivity contribution in [2.45, 2.75) is 38.8 Å². The number of rotatable bonds is 8. The third kappa shape index (κ3) is 6.53. The molecule has 1 saturated heterocycles. The molecule has 0 saturated carbocycles. The number of nitrogens with one attached hydrogen (secondary N) is 2. The second-order valence-corrected chi connectivity index (χ2v) is 8.07. The number of thiophene rings is 1. The van der Waals surface area contributed by atoms with Gasteiger partial charge in [0.15, 0.2) is 5.96 Å². The van der Waals surface area contributed by atoms with Gasteiger partial charge < -0.3 is 15.4 Å². The number of nitrogens with zero attached hydrogens (tertiary/aromatic N) is 2. The molecule has 1 aromatic heterocycles. The molecule has 2 N–H and O–H groups in total. The van der Waals surface area contributed by atoms with E-state index in [-0.39, 0.29) is 0 Å². The minimum atomic E-state index is 0.494. The zero-order valence-corrected chi connectivity index (χ0v) is 17.8. The molecule has 0 unspecified atom stereocenters. The first kappa shape index (κ1) is 20.7. The molecule has 0 amide bonds. The van der Waals surface area contributed by atoms with E-state index in [1.54, 1.807) is 11.3 Å². The number of aliphatic imine (C=N–C) groups is 1. The van der Waals surface area contributed by atoms with Crippen molar-refractivity contribution in [3.05, 3.63) is 52.2 Å². The van der Waals surface area contributed by atoms with Crippen LogP contribution in [0.4, 0.5) is 0 Å². The second kappa shape index (κ2) is 11.1. The van der Waals surface area contributed by atoms with E-state index in [4.69, 9.17) is 4.74 Å². The first-order valence-corrected chi connectivity index (χ1v) is 11.1. The number of benzene rings is 1. The Kier molecular flexibility index (Phi) is 8.18. The van der Waals surface area contributed by atoms with Crippen molar-refractivity contribution < 1.29 is 4.74 Å². The molecule has 0 bridgehead atoms. The van der Waals surface area contributed by atoms with Crippen LogP contribution >= 0.6 is 11.3 Å². The molecule has 0 aliphatic carbocycles. The average molecular weight is 401 g/mol. The number of hydrogen-bond donors (Lipinski definition) is 2. The molecule has 152 valence electrons. The fourth-order valence-electron chi connectivity index (χ4n) is 3.44. The standard InChI is InChI=1S/C22H32N4OS/c1-18-6-3-4-7-21(18)27-14-5-11-24-22(23-2)25-20-8-12-26(13-9-20)16-19-10-15-28-17-19/h3-4,6-7,10,15,17,20H,5,8-9,11-14,16H2,1-2H3,(H2,23,24,25). The summed E-state index contributed by atoms with van der Waals surface area (Å²) in [5.74, 6) is 1.87. The van der Waals surface area contributed by atoms with Gasteiger partial charge in [0.2, 0.25) is 0 Å². The van der Waals surface area contributed by atoms with Gasteiger partial charge in [-0.3, -0.25) is 9.89 Å². The monoisotopic (exact) mass is 400 g/mol. The molecule has 2 heterocycles. The van der Waals surface area contributed by atoms with Gasteiger partial charge in [-0.25, -0.2) is 0 Å². The van der Waals surface area contributed by atoms with E-state index in [1.165, 1.54) is 11.1 Å². The largest absolute Gasteiger partial charge is 0.493 e. The van der Waals surface area contributed by atoms with E-state index < -0.39 is 0 Å². The van der Waals surface area contributed by atoms with Gasteiger partial charge in [-0.15, -0.1) is 0 Å². The third-order valence-electron chi connectivity index (χ3n) is 5.10. The van der Waals surface area contributed by atoms with Gasteiger partial charge in [0.1, 0.15) is 5.75 Å². The molecule has 2 aromatic rings. The van der Waals surface area contributed by atoms with Crippen LogP contribution in [-0.2, 0) is 6.54 Å². The molecule has 5 nitrogen and oxygen atoms in total. The number of hydrogen-bond acceptors (Lipinski definition) is 4. The van der Waals surface area contributed by atoms with Gasteiger partial charge in [0, 0.05) is 39.3 Å². The Bertz CT molecular complexity index is 724. The molecule has 28 heavy (non-hydrogen) atoms. The normalized spacial score (nSPS) is 16.1. The highest BCUT2D eigenvalue weighted by atomic mass is 32.1. The lowest BCUT2D eigenvalue weighted by molar-refractivity contribution is 0.198. The van der Waals surface area contributed by atoms with E-state index in [1.807, 2.05) is 25.2 Å². The molecular formula is C22H32N4OS. The predicted octanol–water partition coefficient (Wildman–Crippen LogP) is 3.66. The molecule has 0 atom stereocenters. The summed E-state index contributed by atoms with van der Waals surface area (Å²) in [5, 5.41) is 11.4. The van der Waals surface area contributed by atoms with Crippen LogP contribution in [0.2, 0.25) is 0 Å². The fraction of sp³-hybridized carbons (Fsp3) is 0.500. The van der Waals surface area contributed by atoms with Crippen LogP contribution in [0.5, 0.6) is 5.75 Å². The summed E-state index contributed by atoms with van der Waals surface area (Å²) in [5.41, 5.74) is 2.61. The molecule has 1 aromatic carbocycles. The summed E-state index contributed by atoms with van der Waals surface area (Å²) in [6.07, 6.45) is 3.25. The van der Waals surface area contributed by atoms with Crippen molar-refractivity contribution in [2.24, 2.45) is 4.99 Å². The highest BCUT2D eigenvalue weighted by Crippen LogP contribution is 2.16. The van der Waals surface area contributed by atoms with Gasteiger partial charge in [0.25, 0.3) is 0 Å². The van der Waals surface area contributed by atoms with Gasteiger partial charge >= 0.3 is 0 Å². The topological polar surface area (TPSA) is 48.9 Å². The van der Waals surface area contributed by atoms with E-state index in [9.17, 15) is 0 Å². The maximum atomic E-state index is 5.85. The Morgan fingerprint density at radius 1 is 1.25 bits per heavy atom. The Balaban J connectivity index is 1.30. The number of likely N-dealkylation sites (tertiary alicyclic amines) is 1. The van der Waals surface area contributed by atoms with Crippen molar-refractivity contribution in [1.29, 1.82) is 0 Å². The molecule has 1 fully saturated rings. The van der Waals surface area contributed by atoms with Gasteiger partial charge in [0.05, 0.1) is 6.61 Å². The Labute approximate surface area is 172 Å². The van der Waals surface area contributed by atoms with Crippen molar-refractivity contribution in [3.8, 4) is 5.75 Å². The summed E-state index contributed by atoms with van der Waals surface area (Å²) >= 11 is 1.78. The molecule has 1 aliphatic heterocycles. The van der Waals surface area contributed by atoms with E-state index in [0.717, 1.165) is 57.2 Å². The number of ether oxygens (including phenoxy) is 1. The van der Waals surface area contributed by atoms with Crippen LogP contribution in [0.25, 0.3) is 0 Å². The van der Waals surface area contributed by atoms with Crippen LogP contribution in [0.15, 0.2) is 46.1 Å². The van der Waals surface area contributed by atoms with Crippen molar-refractivity contribution in [1.82, 2.24) is 15.5 Å². The zero-order chi connectivity index (χ0) is 19.6. The first-order valence-electron chi connectivity index (χ1n) is 10.1. The summed E-state index contributed by atoms with van der Waals surface area (Å²) in [6.45, 7) is 6.97. The summed E-state index contributed by atoms with van der Waals surface area (Å²) in [6, 6.07) is 10.9. The molecule has 1 aliphatic rings. The number of aryl methyl sites for hydroxylation is 1. The fourth-order valence-corrected chi connectivity index (χ4v) is 4.10. The number of piperidine rings is 1. The van der Waals surface area contributed by atoms with Crippen molar-refractivity contribution in [2.75, 3.05) is 33.3 Å².